The minimum Gasteiger partial charge on any atom is -0.482 e. The molecule has 0 spiro atoms. The summed E-state index contributed by atoms with van der Waals surface area (Å²) < 4.78 is 5.61. The summed E-state index contributed by atoms with van der Waals surface area (Å²) in [5.74, 6) is 0.627. The lowest BCUT2D eigenvalue weighted by atomic mass is 10.2. The van der Waals surface area contributed by atoms with Crippen molar-refractivity contribution >= 4 is 28.8 Å². The fourth-order valence-electron chi connectivity index (χ4n) is 1.20. The largest absolute Gasteiger partial charge is 0.482 e. The van der Waals surface area contributed by atoms with E-state index in [0.29, 0.717) is 15.8 Å². The average molecular weight is 244 g/mol. The van der Waals surface area contributed by atoms with Gasteiger partial charge in [0.1, 0.15) is 16.8 Å². The molecule has 0 bridgehead atoms. The monoisotopic (exact) mass is 243 g/mol. The third kappa shape index (κ3) is 3.36. The van der Waals surface area contributed by atoms with Crippen molar-refractivity contribution in [3.8, 4) is 5.75 Å². The van der Waals surface area contributed by atoms with Gasteiger partial charge < -0.3 is 10.5 Å². The van der Waals surface area contributed by atoms with Gasteiger partial charge in [0.2, 0.25) is 0 Å². The van der Waals surface area contributed by atoms with Crippen molar-refractivity contribution in [2.45, 2.75) is 26.4 Å². The van der Waals surface area contributed by atoms with Crippen LogP contribution in [0.1, 0.15) is 18.9 Å². The Kier molecular flexibility index (Phi) is 4.36. The van der Waals surface area contributed by atoms with Crippen molar-refractivity contribution in [3.05, 3.63) is 28.8 Å². The number of nitrogens with two attached hydrogens (primary N) is 1. The van der Waals surface area contributed by atoms with Crippen LogP contribution in [-0.2, 0) is 0 Å². The van der Waals surface area contributed by atoms with Crippen LogP contribution < -0.4 is 10.5 Å². The fourth-order valence-corrected chi connectivity index (χ4v) is 1.69. The molecule has 1 atom stereocenters. The normalized spacial score (nSPS) is 12.2. The van der Waals surface area contributed by atoms with Crippen LogP contribution in [0.5, 0.6) is 5.75 Å². The fraction of sp³-hybridized carbons (Fsp3) is 0.364. The van der Waals surface area contributed by atoms with Gasteiger partial charge in [-0.3, -0.25) is 0 Å². The number of halogens is 1. The van der Waals surface area contributed by atoms with Gasteiger partial charge in [-0.15, -0.1) is 0 Å². The first-order valence-corrected chi connectivity index (χ1v) is 5.55. The van der Waals surface area contributed by atoms with Gasteiger partial charge in [0.05, 0.1) is 5.02 Å². The zero-order chi connectivity index (χ0) is 11.4. The molecule has 0 radical (unpaired) electrons. The molecule has 0 aliphatic heterocycles. The molecule has 1 aromatic rings. The Morgan fingerprint density at radius 2 is 2.27 bits per heavy atom. The minimum atomic E-state index is -0.250. The van der Waals surface area contributed by atoms with E-state index < -0.39 is 0 Å². The van der Waals surface area contributed by atoms with E-state index >= 15 is 0 Å². The summed E-state index contributed by atoms with van der Waals surface area (Å²) in [4.78, 5) is 0.356. The van der Waals surface area contributed by atoms with Crippen LogP contribution in [-0.4, -0.2) is 11.1 Å². The van der Waals surface area contributed by atoms with Crippen molar-refractivity contribution in [1.29, 1.82) is 0 Å². The standard InChI is InChI=1S/C11H14ClNOS/c1-3-9(11(13)15)14-10-5-4-7(2)6-8(10)12/h4-6,9H,3H2,1-2H3,(H2,13,15). The Morgan fingerprint density at radius 1 is 1.60 bits per heavy atom. The molecule has 0 saturated carbocycles. The molecule has 0 amide bonds. The van der Waals surface area contributed by atoms with E-state index in [2.05, 4.69) is 0 Å². The molecule has 15 heavy (non-hydrogen) atoms. The van der Waals surface area contributed by atoms with Gasteiger partial charge in [0.25, 0.3) is 0 Å². The molecule has 1 rings (SSSR count). The molecular weight excluding hydrogens is 230 g/mol. The maximum Gasteiger partial charge on any atom is 0.148 e. The lowest BCUT2D eigenvalue weighted by molar-refractivity contribution is 0.264. The van der Waals surface area contributed by atoms with E-state index in [1.807, 2.05) is 32.0 Å². The molecule has 2 nitrogen and oxygen atoms in total. The van der Waals surface area contributed by atoms with Crippen LogP contribution in [0.25, 0.3) is 0 Å². The Bertz CT molecular complexity index is 368. The summed E-state index contributed by atoms with van der Waals surface area (Å²) in [5, 5.41) is 0.588. The molecule has 0 aliphatic rings. The quantitative estimate of drug-likeness (QED) is 0.826. The van der Waals surface area contributed by atoms with Gasteiger partial charge in [0.15, 0.2) is 0 Å². The predicted octanol–water partition coefficient (Wildman–Crippen LogP) is 3.09. The Labute approximate surface area is 100 Å². The van der Waals surface area contributed by atoms with Crippen LogP contribution in [0.4, 0.5) is 0 Å². The number of benzene rings is 1. The molecule has 1 unspecified atom stereocenters. The summed E-state index contributed by atoms with van der Waals surface area (Å²) in [5.41, 5.74) is 6.63. The zero-order valence-electron chi connectivity index (χ0n) is 8.79. The number of thiocarbonyl (C=S) groups is 1. The Morgan fingerprint density at radius 3 is 2.73 bits per heavy atom. The van der Waals surface area contributed by atoms with Crippen LogP contribution in [0.3, 0.4) is 0 Å². The maximum absolute atomic E-state index is 6.03. The second kappa shape index (κ2) is 5.33. The zero-order valence-corrected chi connectivity index (χ0v) is 10.4. The second-order valence-electron chi connectivity index (χ2n) is 3.35. The minimum absolute atomic E-state index is 0.250. The highest BCUT2D eigenvalue weighted by Gasteiger charge is 2.12. The lowest BCUT2D eigenvalue weighted by Gasteiger charge is -2.17. The van der Waals surface area contributed by atoms with E-state index in [4.69, 9.17) is 34.3 Å². The molecule has 4 heteroatoms. The van der Waals surface area contributed by atoms with E-state index in [1.165, 1.54) is 0 Å². The number of ether oxygens (including phenoxy) is 1. The number of rotatable bonds is 4. The molecule has 82 valence electrons. The van der Waals surface area contributed by atoms with E-state index in [-0.39, 0.29) is 6.10 Å². The number of hydrogen-bond acceptors (Lipinski definition) is 2. The average Bonchev–Trinajstić information content (AvgIpc) is 2.16. The van der Waals surface area contributed by atoms with E-state index in [0.717, 1.165) is 12.0 Å². The van der Waals surface area contributed by atoms with Gasteiger partial charge in [-0.05, 0) is 31.0 Å². The van der Waals surface area contributed by atoms with Gasteiger partial charge in [-0.2, -0.15) is 0 Å². The molecule has 0 fully saturated rings. The van der Waals surface area contributed by atoms with Crippen molar-refractivity contribution in [2.24, 2.45) is 5.73 Å². The molecular formula is C11H14ClNOS. The smallest absolute Gasteiger partial charge is 0.148 e. The highest BCUT2D eigenvalue weighted by molar-refractivity contribution is 7.80. The molecule has 0 aromatic heterocycles. The molecule has 0 saturated heterocycles. The number of aryl methyl sites for hydroxylation is 1. The van der Waals surface area contributed by atoms with Gasteiger partial charge in [-0.25, -0.2) is 0 Å². The van der Waals surface area contributed by atoms with Crippen LogP contribution in [0.2, 0.25) is 5.02 Å². The van der Waals surface area contributed by atoms with Gasteiger partial charge in [-0.1, -0.05) is 36.8 Å². The third-order valence-corrected chi connectivity index (χ3v) is 2.60. The van der Waals surface area contributed by atoms with Gasteiger partial charge in [0, 0.05) is 0 Å². The summed E-state index contributed by atoms with van der Waals surface area (Å²) >= 11 is 10.9. The second-order valence-corrected chi connectivity index (χ2v) is 4.23. The summed E-state index contributed by atoms with van der Waals surface area (Å²) in [7, 11) is 0. The highest BCUT2D eigenvalue weighted by Crippen LogP contribution is 2.26. The number of hydrogen-bond donors (Lipinski definition) is 1. The molecule has 1 aromatic carbocycles. The highest BCUT2D eigenvalue weighted by atomic mass is 35.5. The molecule has 2 N–H and O–H groups in total. The van der Waals surface area contributed by atoms with Crippen LogP contribution in [0.15, 0.2) is 18.2 Å². The molecule has 0 heterocycles. The van der Waals surface area contributed by atoms with Crippen molar-refractivity contribution in [1.82, 2.24) is 0 Å². The summed E-state index contributed by atoms with van der Waals surface area (Å²) in [6.45, 7) is 3.94. The van der Waals surface area contributed by atoms with Crippen LogP contribution in [0, 0.1) is 6.92 Å². The van der Waals surface area contributed by atoms with Gasteiger partial charge >= 0.3 is 0 Å². The maximum atomic E-state index is 6.03. The Balaban J connectivity index is 2.84. The first-order valence-electron chi connectivity index (χ1n) is 4.76. The van der Waals surface area contributed by atoms with Crippen LogP contribution >= 0.6 is 23.8 Å². The Hall–Kier alpha value is -0.800. The summed E-state index contributed by atoms with van der Waals surface area (Å²) in [6, 6.07) is 5.62. The predicted molar refractivity (Wildman–Crippen MR) is 67.7 cm³/mol. The molecule has 0 aliphatic carbocycles. The van der Waals surface area contributed by atoms with Crippen molar-refractivity contribution in [3.63, 3.8) is 0 Å². The SMILES string of the molecule is CCC(Oc1ccc(C)cc1Cl)C(N)=S. The van der Waals surface area contributed by atoms with Crippen molar-refractivity contribution in [2.75, 3.05) is 0 Å². The van der Waals surface area contributed by atoms with E-state index in [9.17, 15) is 0 Å². The lowest BCUT2D eigenvalue weighted by Crippen LogP contribution is -2.31. The third-order valence-electron chi connectivity index (χ3n) is 2.04. The summed E-state index contributed by atoms with van der Waals surface area (Å²) in [6.07, 6.45) is 0.486. The van der Waals surface area contributed by atoms with Crippen molar-refractivity contribution < 1.29 is 4.74 Å². The first-order chi connectivity index (χ1) is 7.04. The first kappa shape index (κ1) is 12.3. The van der Waals surface area contributed by atoms with E-state index in [1.54, 1.807) is 0 Å². The topological polar surface area (TPSA) is 35.2 Å².